The summed E-state index contributed by atoms with van der Waals surface area (Å²) in [4.78, 5) is 2.38. The third-order valence-corrected chi connectivity index (χ3v) is 4.65. The number of nitrogens with one attached hydrogen (secondary N) is 1. The van der Waals surface area contributed by atoms with Crippen LogP contribution in [0.3, 0.4) is 0 Å². The van der Waals surface area contributed by atoms with Gasteiger partial charge in [-0.1, -0.05) is 17.7 Å². The van der Waals surface area contributed by atoms with Crippen LogP contribution >= 0.6 is 27.5 Å². The van der Waals surface area contributed by atoms with Crippen molar-refractivity contribution in [2.24, 2.45) is 0 Å². The van der Waals surface area contributed by atoms with Gasteiger partial charge in [-0.3, -0.25) is 4.90 Å². The lowest BCUT2D eigenvalue weighted by Gasteiger charge is -2.36. The van der Waals surface area contributed by atoms with Gasteiger partial charge >= 0.3 is 0 Å². The Balaban J connectivity index is 2.34. The first-order chi connectivity index (χ1) is 9.65. The number of phenols is 1. The minimum Gasteiger partial charge on any atom is -0.506 e. The molecule has 0 spiro atoms. The number of nitrogens with zero attached hydrogens (tertiary/aromatic N) is 1. The molecule has 1 heterocycles. The number of hydrogen-bond donors (Lipinski definition) is 2. The molecule has 0 aliphatic carbocycles. The Morgan fingerprint density at radius 2 is 2.15 bits per heavy atom. The maximum absolute atomic E-state index is 10.4. The molecule has 1 aliphatic heterocycles. The summed E-state index contributed by atoms with van der Waals surface area (Å²) in [6.07, 6.45) is 3.72. The molecule has 110 valence electrons. The summed E-state index contributed by atoms with van der Waals surface area (Å²) in [5.74, 6) is 0.255. The van der Waals surface area contributed by atoms with E-state index in [0.717, 1.165) is 44.6 Å². The van der Waals surface area contributed by atoms with E-state index in [0.29, 0.717) is 9.50 Å². The van der Waals surface area contributed by atoms with Gasteiger partial charge in [-0.15, -0.1) is 6.58 Å². The molecule has 1 fully saturated rings. The van der Waals surface area contributed by atoms with Crippen LogP contribution < -0.4 is 5.32 Å². The number of hydrogen-bond acceptors (Lipinski definition) is 3. The molecule has 5 heteroatoms. The zero-order valence-corrected chi connectivity index (χ0v) is 13.8. The van der Waals surface area contributed by atoms with E-state index in [9.17, 15) is 5.11 Å². The minimum atomic E-state index is 0.125. The second kappa shape index (κ2) is 7.46. The maximum atomic E-state index is 10.4. The van der Waals surface area contributed by atoms with Crippen molar-refractivity contribution in [2.45, 2.75) is 18.9 Å². The van der Waals surface area contributed by atoms with Gasteiger partial charge < -0.3 is 10.4 Å². The molecule has 1 aromatic rings. The summed E-state index contributed by atoms with van der Waals surface area (Å²) < 4.78 is 0.690. The average Bonchev–Trinajstić information content (AvgIpc) is 2.47. The van der Waals surface area contributed by atoms with Crippen molar-refractivity contribution in [2.75, 3.05) is 26.2 Å². The number of piperazine rings is 1. The van der Waals surface area contributed by atoms with Crippen LogP contribution in [-0.4, -0.2) is 36.2 Å². The first-order valence-electron chi connectivity index (χ1n) is 6.87. The molecule has 1 saturated heterocycles. The molecule has 2 N–H and O–H groups in total. The molecule has 0 bridgehead atoms. The molecule has 3 nitrogen and oxygen atoms in total. The second-order valence-electron chi connectivity index (χ2n) is 4.96. The third-order valence-electron chi connectivity index (χ3n) is 3.68. The Bertz CT molecular complexity index is 475. The number of phenolic OH excluding ortho intramolecular Hbond substituents is 1. The van der Waals surface area contributed by atoms with Gasteiger partial charge in [0, 0.05) is 42.8 Å². The van der Waals surface area contributed by atoms with Crippen molar-refractivity contribution >= 4 is 27.5 Å². The molecular formula is C15H20BrClN2O. The van der Waals surface area contributed by atoms with E-state index < -0.39 is 0 Å². The van der Waals surface area contributed by atoms with Crippen LogP contribution in [0.15, 0.2) is 29.3 Å². The van der Waals surface area contributed by atoms with E-state index >= 15 is 0 Å². The first kappa shape index (κ1) is 15.8. The summed E-state index contributed by atoms with van der Waals surface area (Å²) in [6.45, 7) is 7.66. The number of aromatic hydroxyl groups is 1. The number of rotatable bonds is 5. The van der Waals surface area contributed by atoms with Gasteiger partial charge in [0.15, 0.2) is 0 Å². The number of allylic oxidation sites excluding steroid dienone is 1. The smallest absolute Gasteiger partial charge is 0.136 e. The Kier molecular flexibility index (Phi) is 5.90. The lowest BCUT2D eigenvalue weighted by atomic mass is 9.98. The predicted molar refractivity (Wildman–Crippen MR) is 87.4 cm³/mol. The van der Waals surface area contributed by atoms with Crippen LogP contribution in [0.1, 0.15) is 24.4 Å². The zero-order valence-electron chi connectivity index (χ0n) is 11.4. The largest absolute Gasteiger partial charge is 0.506 e. The lowest BCUT2D eigenvalue weighted by molar-refractivity contribution is 0.163. The fourth-order valence-electron chi connectivity index (χ4n) is 2.65. The quantitative estimate of drug-likeness (QED) is 0.787. The standard InChI is InChI=1S/C15H20BrClN2O/c1-2-3-4-13(19-9-7-18-8-10-19)14-12(17)6-5-11(16)15(14)20/h2,5-6,13,18,20H,1,3-4,7-10H2/t13-/m1/s1. The summed E-state index contributed by atoms with van der Waals surface area (Å²) >= 11 is 9.73. The van der Waals surface area contributed by atoms with Gasteiger partial charge in [0.2, 0.25) is 0 Å². The average molecular weight is 360 g/mol. The van der Waals surface area contributed by atoms with Gasteiger partial charge in [0.1, 0.15) is 5.75 Å². The normalized spacial score (nSPS) is 17.9. The summed E-state index contributed by atoms with van der Waals surface area (Å²) in [5, 5.41) is 14.4. The molecule has 2 rings (SSSR count). The van der Waals surface area contributed by atoms with Gasteiger partial charge in [-0.25, -0.2) is 0 Å². The van der Waals surface area contributed by atoms with Gasteiger partial charge in [0.25, 0.3) is 0 Å². The summed E-state index contributed by atoms with van der Waals surface area (Å²) in [7, 11) is 0. The highest BCUT2D eigenvalue weighted by Crippen LogP contribution is 2.41. The first-order valence-corrected chi connectivity index (χ1v) is 8.04. The lowest BCUT2D eigenvalue weighted by Crippen LogP contribution is -2.45. The van der Waals surface area contributed by atoms with Crippen LogP contribution in [0, 0.1) is 0 Å². The molecule has 0 aromatic heterocycles. The minimum absolute atomic E-state index is 0.125. The van der Waals surface area contributed by atoms with Crippen molar-refractivity contribution in [1.29, 1.82) is 0 Å². The number of benzene rings is 1. The van der Waals surface area contributed by atoms with E-state index in [1.165, 1.54) is 0 Å². The van der Waals surface area contributed by atoms with E-state index in [-0.39, 0.29) is 11.8 Å². The van der Waals surface area contributed by atoms with Crippen LogP contribution in [0.4, 0.5) is 0 Å². The molecule has 1 atom stereocenters. The van der Waals surface area contributed by atoms with E-state index in [4.69, 9.17) is 11.6 Å². The fourth-order valence-corrected chi connectivity index (χ4v) is 3.28. The summed E-state index contributed by atoms with van der Waals surface area (Å²) in [6, 6.07) is 3.74. The van der Waals surface area contributed by atoms with Crippen molar-refractivity contribution in [1.82, 2.24) is 10.2 Å². The van der Waals surface area contributed by atoms with Crippen LogP contribution in [0.2, 0.25) is 5.02 Å². The topological polar surface area (TPSA) is 35.5 Å². The van der Waals surface area contributed by atoms with E-state index in [1.54, 1.807) is 6.07 Å². The second-order valence-corrected chi connectivity index (χ2v) is 6.22. The van der Waals surface area contributed by atoms with Crippen molar-refractivity contribution < 1.29 is 5.11 Å². The SMILES string of the molecule is C=CCC[C@H](c1c(Cl)ccc(Br)c1O)N1CCNCC1. The highest BCUT2D eigenvalue weighted by atomic mass is 79.9. The van der Waals surface area contributed by atoms with Crippen molar-refractivity contribution in [3.63, 3.8) is 0 Å². The van der Waals surface area contributed by atoms with Crippen molar-refractivity contribution in [3.8, 4) is 5.75 Å². The molecule has 0 saturated carbocycles. The van der Waals surface area contributed by atoms with E-state index in [1.807, 2.05) is 12.1 Å². The number of halogens is 2. The highest BCUT2D eigenvalue weighted by molar-refractivity contribution is 9.10. The molecule has 20 heavy (non-hydrogen) atoms. The van der Waals surface area contributed by atoms with Crippen LogP contribution in [0.25, 0.3) is 0 Å². The molecular weight excluding hydrogens is 340 g/mol. The monoisotopic (exact) mass is 358 g/mol. The Hall–Kier alpha value is -0.550. The Morgan fingerprint density at radius 1 is 1.45 bits per heavy atom. The predicted octanol–water partition coefficient (Wildman–Crippen LogP) is 3.72. The zero-order chi connectivity index (χ0) is 14.5. The van der Waals surface area contributed by atoms with Gasteiger partial charge in [-0.05, 0) is 40.9 Å². The summed E-state index contributed by atoms with van der Waals surface area (Å²) in [5.41, 5.74) is 0.824. The van der Waals surface area contributed by atoms with Gasteiger partial charge in [-0.2, -0.15) is 0 Å². The molecule has 0 unspecified atom stereocenters. The van der Waals surface area contributed by atoms with Crippen molar-refractivity contribution in [3.05, 3.63) is 39.8 Å². The Labute approximate surface area is 133 Å². The maximum Gasteiger partial charge on any atom is 0.136 e. The van der Waals surface area contributed by atoms with E-state index in [2.05, 4.69) is 32.7 Å². The Morgan fingerprint density at radius 3 is 2.80 bits per heavy atom. The third kappa shape index (κ3) is 3.55. The van der Waals surface area contributed by atoms with Crippen LogP contribution in [-0.2, 0) is 0 Å². The van der Waals surface area contributed by atoms with Gasteiger partial charge in [0.05, 0.1) is 4.47 Å². The fraction of sp³-hybridized carbons (Fsp3) is 0.467. The molecule has 1 aromatic carbocycles. The molecule has 0 radical (unpaired) electrons. The molecule has 0 amide bonds. The van der Waals surface area contributed by atoms with Crippen LogP contribution in [0.5, 0.6) is 5.75 Å². The highest BCUT2D eigenvalue weighted by Gasteiger charge is 2.26. The molecule has 1 aliphatic rings.